The molecular weight excluding hydrogens is 323 g/mol. The lowest BCUT2D eigenvalue weighted by Gasteiger charge is -2.17. The van der Waals surface area contributed by atoms with Crippen molar-refractivity contribution in [2.24, 2.45) is 0 Å². The van der Waals surface area contributed by atoms with Crippen LogP contribution in [0, 0.1) is 6.92 Å². The minimum Gasteiger partial charge on any atom is -0.431 e. The first-order valence-corrected chi connectivity index (χ1v) is 9.90. The Balaban J connectivity index is 1.76. The zero-order chi connectivity index (χ0) is 15.9. The van der Waals surface area contributed by atoms with Crippen molar-refractivity contribution in [3.63, 3.8) is 0 Å². The maximum atomic E-state index is 6.06. The maximum absolute atomic E-state index is 6.06. The van der Waals surface area contributed by atoms with Gasteiger partial charge in [0.2, 0.25) is 0 Å². The van der Waals surface area contributed by atoms with E-state index in [9.17, 15) is 0 Å². The molecule has 3 aromatic rings. The Bertz CT molecular complexity index is 676. The smallest absolute Gasteiger partial charge is 0.365 e. The van der Waals surface area contributed by atoms with Crippen molar-refractivity contribution < 1.29 is 9.05 Å². The minimum absolute atomic E-state index is 0.814. The second-order valence-corrected chi connectivity index (χ2v) is 7.85. The van der Waals surface area contributed by atoms with Crippen LogP contribution >= 0.6 is 19.0 Å². The van der Waals surface area contributed by atoms with Crippen molar-refractivity contribution in [3.05, 3.63) is 90.5 Å². The summed E-state index contributed by atoms with van der Waals surface area (Å²) in [4.78, 5) is 1.13. The number of hydrogen-bond acceptors (Lipinski definition) is 3. The average Bonchev–Trinajstić information content (AvgIpc) is 2.59. The predicted molar refractivity (Wildman–Crippen MR) is 98.1 cm³/mol. The Morgan fingerprint density at radius 2 is 1.13 bits per heavy atom. The lowest BCUT2D eigenvalue weighted by molar-refractivity contribution is 0.509. The highest BCUT2D eigenvalue weighted by atomic mass is 32.7. The first-order valence-electron chi connectivity index (χ1n) is 7.30. The number of aryl methyl sites for hydroxylation is 1. The molecule has 0 bridgehead atoms. The zero-order valence-electron chi connectivity index (χ0n) is 12.8. The van der Waals surface area contributed by atoms with Crippen LogP contribution in [-0.2, 0) is 0 Å². The molecule has 0 aliphatic heterocycles. The largest absolute Gasteiger partial charge is 0.431 e. The van der Waals surface area contributed by atoms with Crippen molar-refractivity contribution in [3.8, 4) is 11.5 Å². The van der Waals surface area contributed by atoms with Crippen molar-refractivity contribution in [1.29, 1.82) is 0 Å². The quantitative estimate of drug-likeness (QED) is 0.479. The molecule has 0 heterocycles. The van der Waals surface area contributed by atoms with E-state index in [2.05, 4.69) is 31.2 Å². The number of hydrogen-bond donors (Lipinski definition) is 0. The summed E-state index contributed by atoms with van der Waals surface area (Å²) >= 11 is 1.61. The molecule has 0 atom stereocenters. The van der Waals surface area contributed by atoms with Gasteiger partial charge in [0.15, 0.2) is 0 Å². The fourth-order valence-electron chi connectivity index (χ4n) is 1.88. The summed E-state index contributed by atoms with van der Waals surface area (Å²) in [5.41, 5.74) is 1.24. The highest BCUT2D eigenvalue weighted by Crippen LogP contribution is 2.55. The van der Waals surface area contributed by atoms with E-state index in [1.165, 1.54) is 5.56 Å². The third kappa shape index (κ3) is 5.02. The van der Waals surface area contributed by atoms with Gasteiger partial charge in [-0.05, 0) is 54.7 Å². The molecule has 0 aromatic heterocycles. The predicted octanol–water partition coefficient (Wildman–Crippen LogP) is 6.47. The molecule has 0 aliphatic rings. The molecule has 2 nitrogen and oxygen atoms in total. The molecule has 0 spiro atoms. The SMILES string of the molecule is Cc1ccc(SP(Oc2ccccc2)Oc2ccccc2)cc1. The van der Waals surface area contributed by atoms with Gasteiger partial charge < -0.3 is 9.05 Å². The molecule has 0 radical (unpaired) electrons. The number of benzene rings is 3. The van der Waals surface area contributed by atoms with Crippen LogP contribution in [0.5, 0.6) is 11.5 Å². The number of para-hydroxylation sites is 2. The molecule has 0 N–H and O–H groups in total. The average molecular weight is 340 g/mol. The standard InChI is InChI=1S/C19H17O2PS/c1-16-12-14-19(15-13-16)23-22(20-17-8-4-2-5-9-17)21-18-10-6-3-7-11-18/h2-15H,1H3. The van der Waals surface area contributed by atoms with Crippen LogP contribution in [0.2, 0.25) is 0 Å². The van der Waals surface area contributed by atoms with Crippen molar-refractivity contribution >= 4 is 19.0 Å². The van der Waals surface area contributed by atoms with Gasteiger partial charge >= 0.3 is 7.58 Å². The van der Waals surface area contributed by atoms with Gasteiger partial charge in [0.05, 0.1) is 0 Å². The maximum Gasteiger partial charge on any atom is 0.365 e. The van der Waals surface area contributed by atoms with Crippen molar-refractivity contribution in [2.75, 3.05) is 0 Å². The van der Waals surface area contributed by atoms with E-state index in [0.29, 0.717) is 0 Å². The fourth-order valence-corrected chi connectivity index (χ4v) is 4.63. The molecule has 0 fully saturated rings. The molecule has 0 unspecified atom stereocenters. The normalized spacial score (nSPS) is 10.5. The topological polar surface area (TPSA) is 18.5 Å². The molecular formula is C19H17O2PS. The lowest BCUT2D eigenvalue weighted by Crippen LogP contribution is -1.92. The van der Waals surface area contributed by atoms with E-state index in [4.69, 9.17) is 9.05 Å². The Labute approximate surface area is 142 Å². The molecule has 23 heavy (non-hydrogen) atoms. The van der Waals surface area contributed by atoms with E-state index >= 15 is 0 Å². The third-order valence-corrected chi connectivity index (χ3v) is 5.93. The van der Waals surface area contributed by atoms with Crippen molar-refractivity contribution in [2.45, 2.75) is 11.8 Å². The molecule has 4 heteroatoms. The minimum atomic E-state index is -1.18. The molecule has 116 valence electrons. The molecule has 0 saturated heterocycles. The molecule has 3 aromatic carbocycles. The second-order valence-electron chi connectivity index (χ2n) is 4.94. The van der Waals surface area contributed by atoms with Crippen LogP contribution in [-0.4, -0.2) is 0 Å². The van der Waals surface area contributed by atoms with Crippen LogP contribution in [0.25, 0.3) is 0 Å². The summed E-state index contributed by atoms with van der Waals surface area (Å²) < 4.78 is 12.1. The monoisotopic (exact) mass is 340 g/mol. The van der Waals surface area contributed by atoms with Gasteiger partial charge in [-0.2, -0.15) is 0 Å². The molecule has 3 rings (SSSR count). The summed E-state index contributed by atoms with van der Waals surface area (Å²) in [7, 11) is -1.18. The van der Waals surface area contributed by atoms with E-state index in [1.807, 2.05) is 60.7 Å². The Morgan fingerprint density at radius 3 is 1.61 bits per heavy atom. The van der Waals surface area contributed by atoms with Gasteiger partial charge in [-0.15, -0.1) is 0 Å². The summed E-state index contributed by atoms with van der Waals surface area (Å²) in [6.07, 6.45) is 0. The van der Waals surface area contributed by atoms with Crippen LogP contribution in [0.1, 0.15) is 5.56 Å². The lowest BCUT2D eigenvalue weighted by atomic mass is 10.2. The second kappa shape index (κ2) is 8.05. The first-order chi connectivity index (χ1) is 11.3. The van der Waals surface area contributed by atoms with Gasteiger partial charge in [0.1, 0.15) is 11.5 Å². The van der Waals surface area contributed by atoms with Gasteiger partial charge in [-0.1, -0.05) is 54.1 Å². The fraction of sp³-hybridized carbons (Fsp3) is 0.0526. The highest BCUT2D eigenvalue weighted by Gasteiger charge is 2.17. The molecule has 0 amide bonds. The van der Waals surface area contributed by atoms with Gasteiger partial charge in [-0.3, -0.25) is 0 Å². The Morgan fingerprint density at radius 1 is 0.652 bits per heavy atom. The van der Waals surface area contributed by atoms with Crippen LogP contribution in [0.3, 0.4) is 0 Å². The van der Waals surface area contributed by atoms with Gasteiger partial charge in [0.25, 0.3) is 0 Å². The van der Waals surface area contributed by atoms with E-state index < -0.39 is 7.58 Å². The molecule has 0 aliphatic carbocycles. The first kappa shape index (κ1) is 15.9. The van der Waals surface area contributed by atoms with Crippen LogP contribution < -0.4 is 9.05 Å². The Kier molecular flexibility index (Phi) is 5.57. The van der Waals surface area contributed by atoms with E-state index in [1.54, 1.807) is 11.4 Å². The van der Waals surface area contributed by atoms with Crippen LogP contribution in [0.4, 0.5) is 0 Å². The zero-order valence-corrected chi connectivity index (χ0v) is 14.5. The Hall–Kier alpha value is -1.96. The van der Waals surface area contributed by atoms with E-state index in [-0.39, 0.29) is 0 Å². The summed E-state index contributed by atoms with van der Waals surface area (Å²) in [5.74, 6) is 1.63. The third-order valence-electron chi connectivity index (χ3n) is 3.05. The van der Waals surface area contributed by atoms with Crippen molar-refractivity contribution in [1.82, 2.24) is 0 Å². The highest BCUT2D eigenvalue weighted by molar-refractivity contribution is 8.53. The summed E-state index contributed by atoms with van der Waals surface area (Å²) in [6.45, 7) is 2.08. The summed E-state index contributed by atoms with van der Waals surface area (Å²) in [6, 6.07) is 27.9. The number of rotatable bonds is 6. The summed E-state index contributed by atoms with van der Waals surface area (Å²) in [5, 5.41) is 0. The van der Waals surface area contributed by atoms with Crippen LogP contribution in [0.15, 0.2) is 89.8 Å². The van der Waals surface area contributed by atoms with E-state index in [0.717, 1.165) is 16.4 Å². The van der Waals surface area contributed by atoms with Gasteiger partial charge in [0, 0.05) is 4.90 Å². The van der Waals surface area contributed by atoms with Gasteiger partial charge in [-0.25, -0.2) is 0 Å². The molecule has 0 saturated carbocycles.